The van der Waals surface area contributed by atoms with Crippen LogP contribution in [0.2, 0.25) is 0 Å². The minimum Gasteiger partial charge on any atom is -0.494 e. The van der Waals surface area contributed by atoms with Gasteiger partial charge in [-0.25, -0.2) is 9.78 Å². The van der Waals surface area contributed by atoms with Gasteiger partial charge in [0.05, 0.1) is 17.8 Å². The number of piperazine rings is 1. The van der Waals surface area contributed by atoms with Gasteiger partial charge in [-0.05, 0) is 68.6 Å². The molecular weight excluding hydrogens is 533 g/mol. The summed E-state index contributed by atoms with van der Waals surface area (Å²) < 4.78 is 48.3. The van der Waals surface area contributed by atoms with Gasteiger partial charge in [0.2, 0.25) is 5.88 Å². The van der Waals surface area contributed by atoms with E-state index in [4.69, 9.17) is 4.74 Å². The molecule has 5 rings (SSSR count). The summed E-state index contributed by atoms with van der Waals surface area (Å²) in [5, 5.41) is 0.770. The lowest BCUT2D eigenvalue weighted by Crippen LogP contribution is -2.47. The van der Waals surface area contributed by atoms with Crippen LogP contribution in [-0.4, -0.2) is 85.9 Å². The summed E-state index contributed by atoms with van der Waals surface area (Å²) in [6.07, 6.45) is 0.914. The van der Waals surface area contributed by atoms with Crippen LogP contribution in [-0.2, 0) is 11.2 Å². The van der Waals surface area contributed by atoms with Crippen molar-refractivity contribution in [3.8, 4) is 11.6 Å². The van der Waals surface area contributed by atoms with E-state index in [1.165, 1.54) is 44.0 Å². The van der Waals surface area contributed by atoms with Gasteiger partial charge in [0, 0.05) is 50.7 Å². The number of benzene rings is 2. The quantitative estimate of drug-likeness (QED) is 0.242. The van der Waals surface area contributed by atoms with Crippen molar-refractivity contribution in [1.82, 2.24) is 14.8 Å². The number of carbonyl (C=O) groups is 1. The number of halogens is 3. The summed E-state index contributed by atoms with van der Waals surface area (Å²) in [6, 6.07) is 16.9. The van der Waals surface area contributed by atoms with Crippen LogP contribution >= 0.6 is 0 Å². The van der Waals surface area contributed by atoms with Gasteiger partial charge in [0.25, 0.3) is 0 Å². The molecule has 0 bridgehead atoms. The zero-order valence-corrected chi connectivity index (χ0v) is 23.2. The lowest BCUT2D eigenvalue weighted by molar-refractivity contribution is -0.189. The van der Waals surface area contributed by atoms with E-state index in [-0.39, 0.29) is 5.88 Å². The number of esters is 1. The topological polar surface area (TPSA) is 58.1 Å². The Morgan fingerprint density at radius 3 is 2.29 bits per heavy atom. The number of para-hydroxylation sites is 1. The SMILES string of the molecule is O=C(Oc1ccc2cccc(N3CCN(CCc4ccc(OCCCN5CCCCC5)cc4)CC3)c2n1)C(F)(F)F. The molecule has 0 aliphatic carbocycles. The molecule has 0 saturated carbocycles. The monoisotopic (exact) mass is 570 g/mol. The fourth-order valence-electron chi connectivity index (χ4n) is 5.49. The van der Waals surface area contributed by atoms with Crippen molar-refractivity contribution in [1.29, 1.82) is 0 Å². The van der Waals surface area contributed by atoms with Gasteiger partial charge in [-0.3, -0.25) is 4.90 Å². The number of likely N-dealkylation sites (tertiary alicyclic amines) is 1. The number of fused-ring (bicyclic) bond motifs is 1. The predicted octanol–water partition coefficient (Wildman–Crippen LogP) is 5.32. The van der Waals surface area contributed by atoms with Crippen molar-refractivity contribution in [2.45, 2.75) is 38.3 Å². The summed E-state index contributed by atoms with van der Waals surface area (Å²) in [7, 11) is 0. The fraction of sp³-hybridized carbons (Fsp3) is 0.484. The van der Waals surface area contributed by atoms with Crippen molar-refractivity contribution in [3.63, 3.8) is 0 Å². The number of pyridine rings is 1. The maximum absolute atomic E-state index is 12.6. The summed E-state index contributed by atoms with van der Waals surface area (Å²) in [6.45, 7) is 8.47. The Morgan fingerprint density at radius 1 is 0.829 bits per heavy atom. The van der Waals surface area contributed by atoms with E-state index in [0.29, 0.717) is 5.52 Å². The van der Waals surface area contributed by atoms with Crippen LogP contribution in [0.5, 0.6) is 11.6 Å². The summed E-state index contributed by atoms with van der Waals surface area (Å²) >= 11 is 0. The highest BCUT2D eigenvalue weighted by atomic mass is 19.4. The third-order valence-electron chi connectivity index (χ3n) is 7.79. The number of rotatable bonds is 10. The standard InChI is InChI=1S/C31H37F3N4O3/c32-31(33,34)30(39)41-28-13-10-25-6-4-7-27(29(25)35-28)38-21-19-37(20-22-38)18-14-24-8-11-26(12-9-24)40-23-5-17-36-15-2-1-3-16-36/h4,6-13H,1-3,5,14-23H2. The van der Waals surface area contributed by atoms with Gasteiger partial charge in [-0.15, -0.1) is 0 Å². The van der Waals surface area contributed by atoms with E-state index in [1.54, 1.807) is 6.07 Å². The highest BCUT2D eigenvalue weighted by Gasteiger charge is 2.41. The summed E-state index contributed by atoms with van der Waals surface area (Å²) in [5.74, 6) is -1.72. The van der Waals surface area contributed by atoms with Crippen molar-refractivity contribution in [2.75, 3.05) is 63.9 Å². The first-order chi connectivity index (χ1) is 19.8. The number of piperidine rings is 1. The Bertz CT molecular complexity index is 1290. The second-order valence-corrected chi connectivity index (χ2v) is 10.7. The van der Waals surface area contributed by atoms with Crippen LogP contribution in [0.1, 0.15) is 31.2 Å². The molecule has 2 fully saturated rings. The predicted molar refractivity (Wildman–Crippen MR) is 153 cm³/mol. The molecule has 2 saturated heterocycles. The largest absolute Gasteiger partial charge is 0.494 e. The first-order valence-electron chi connectivity index (χ1n) is 14.5. The number of ether oxygens (including phenoxy) is 2. The molecule has 41 heavy (non-hydrogen) atoms. The molecule has 3 heterocycles. The molecule has 2 aliphatic rings. The number of hydrogen-bond donors (Lipinski definition) is 0. The number of alkyl halides is 3. The van der Waals surface area contributed by atoms with E-state index in [1.807, 2.05) is 18.2 Å². The van der Waals surface area contributed by atoms with E-state index >= 15 is 0 Å². The van der Waals surface area contributed by atoms with Crippen LogP contribution in [0, 0.1) is 0 Å². The second kappa shape index (κ2) is 13.5. The zero-order valence-electron chi connectivity index (χ0n) is 23.2. The van der Waals surface area contributed by atoms with Gasteiger partial charge in [0.1, 0.15) is 5.75 Å². The Morgan fingerprint density at radius 2 is 1.56 bits per heavy atom. The van der Waals surface area contributed by atoms with Crippen molar-refractivity contribution in [2.24, 2.45) is 0 Å². The third kappa shape index (κ3) is 8.10. The van der Waals surface area contributed by atoms with Crippen LogP contribution < -0.4 is 14.4 Å². The molecular formula is C31H37F3N4O3. The molecule has 3 aromatic rings. The van der Waals surface area contributed by atoms with Gasteiger partial charge >= 0.3 is 12.1 Å². The summed E-state index contributed by atoms with van der Waals surface area (Å²) in [4.78, 5) is 22.6. The van der Waals surface area contributed by atoms with Crippen LogP contribution in [0.25, 0.3) is 10.9 Å². The Kier molecular flexibility index (Phi) is 9.61. The zero-order chi connectivity index (χ0) is 28.7. The molecule has 0 amide bonds. The van der Waals surface area contributed by atoms with Gasteiger partial charge in [0.15, 0.2) is 0 Å². The third-order valence-corrected chi connectivity index (χ3v) is 7.79. The maximum Gasteiger partial charge on any atom is 0.491 e. The summed E-state index contributed by atoms with van der Waals surface area (Å²) in [5.41, 5.74) is 2.60. The number of aromatic nitrogens is 1. The van der Waals surface area contributed by atoms with Crippen LogP contribution in [0.15, 0.2) is 54.6 Å². The van der Waals surface area contributed by atoms with E-state index in [0.717, 1.165) is 75.5 Å². The van der Waals surface area contributed by atoms with E-state index < -0.39 is 12.1 Å². The molecule has 2 aliphatic heterocycles. The Balaban J connectivity index is 1.07. The van der Waals surface area contributed by atoms with Gasteiger partial charge in [-0.1, -0.05) is 30.7 Å². The van der Waals surface area contributed by atoms with Crippen molar-refractivity contribution >= 4 is 22.6 Å². The average molecular weight is 571 g/mol. The molecule has 1 aromatic heterocycles. The first-order valence-corrected chi connectivity index (χ1v) is 14.5. The van der Waals surface area contributed by atoms with Crippen molar-refractivity contribution < 1.29 is 27.4 Å². The minimum atomic E-state index is -5.07. The molecule has 220 valence electrons. The van der Waals surface area contributed by atoms with E-state index in [9.17, 15) is 18.0 Å². The minimum absolute atomic E-state index is 0.361. The highest BCUT2D eigenvalue weighted by Crippen LogP contribution is 2.29. The Hall–Kier alpha value is -3.37. The molecule has 2 aromatic carbocycles. The molecule has 0 atom stereocenters. The lowest BCUT2D eigenvalue weighted by atomic mass is 10.1. The number of anilines is 1. The van der Waals surface area contributed by atoms with Crippen LogP contribution in [0.4, 0.5) is 18.9 Å². The van der Waals surface area contributed by atoms with Crippen LogP contribution in [0.3, 0.4) is 0 Å². The highest BCUT2D eigenvalue weighted by molar-refractivity contribution is 5.91. The normalized spacial score (nSPS) is 17.1. The lowest BCUT2D eigenvalue weighted by Gasteiger charge is -2.36. The first kappa shape index (κ1) is 29.1. The van der Waals surface area contributed by atoms with Gasteiger partial charge in [-0.2, -0.15) is 13.2 Å². The van der Waals surface area contributed by atoms with Crippen molar-refractivity contribution in [3.05, 3.63) is 60.2 Å². The molecule has 0 unspecified atom stereocenters. The van der Waals surface area contributed by atoms with Gasteiger partial charge < -0.3 is 19.3 Å². The number of carbonyl (C=O) groups excluding carboxylic acids is 1. The molecule has 10 heteroatoms. The smallest absolute Gasteiger partial charge is 0.491 e. The second-order valence-electron chi connectivity index (χ2n) is 10.7. The molecule has 0 radical (unpaired) electrons. The molecule has 0 spiro atoms. The fourth-order valence-corrected chi connectivity index (χ4v) is 5.49. The number of nitrogens with zero attached hydrogens (tertiary/aromatic N) is 4. The average Bonchev–Trinajstić information content (AvgIpc) is 2.99. The Labute approximate surface area is 238 Å². The molecule has 7 nitrogen and oxygen atoms in total. The number of hydrogen-bond acceptors (Lipinski definition) is 7. The molecule has 0 N–H and O–H groups in total. The maximum atomic E-state index is 12.6. The van der Waals surface area contributed by atoms with E-state index in [2.05, 4.69) is 48.7 Å².